The van der Waals surface area contributed by atoms with Crippen molar-refractivity contribution >= 4 is 22.9 Å². The number of nitrogens with one attached hydrogen (secondary N) is 2. The van der Waals surface area contributed by atoms with Gasteiger partial charge in [0.1, 0.15) is 5.01 Å². The lowest BCUT2D eigenvalue weighted by atomic mass is 10.1. The number of anilines is 1. The van der Waals surface area contributed by atoms with Gasteiger partial charge >= 0.3 is 0 Å². The molecule has 0 unspecified atom stereocenters. The van der Waals surface area contributed by atoms with Crippen LogP contribution in [0.2, 0.25) is 0 Å². The van der Waals surface area contributed by atoms with E-state index in [0.717, 1.165) is 10.6 Å². The van der Waals surface area contributed by atoms with Crippen LogP contribution in [0.1, 0.15) is 26.5 Å². The topological polar surface area (TPSA) is 87.7 Å². The minimum Gasteiger partial charge on any atom is -0.324 e. The molecule has 0 aliphatic heterocycles. The van der Waals surface area contributed by atoms with E-state index in [1.54, 1.807) is 18.5 Å². The maximum Gasteiger partial charge on any atom is 0.257 e. The molecule has 0 aliphatic carbocycles. The third kappa shape index (κ3) is 3.72. The molecule has 2 N–H and O–H groups in total. The standard InChI is InChI=1S/C19H20N4O2S/c1-4-14-15(22-17(24)11(2)3)9-13(18(25)21-14)16-10-26-19(23-16)12-5-7-20-8-6-12/h5-11H,4H2,1-3H3,(H,21,25)(H,22,24). The Labute approximate surface area is 155 Å². The molecular weight excluding hydrogens is 348 g/mol. The van der Waals surface area contributed by atoms with Crippen LogP contribution < -0.4 is 10.9 Å². The number of nitrogens with zero attached hydrogens (tertiary/aromatic N) is 2. The predicted octanol–water partition coefficient (Wildman–Crippen LogP) is 3.72. The van der Waals surface area contributed by atoms with Crippen molar-refractivity contribution in [2.75, 3.05) is 5.32 Å². The molecular formula is C19H20N4O2S. The van der Waals surface area contributed by atoms with Crippen LogP contribution in [0.15, 0.2) is 40.8 Å². The SMILES string of the molecule is CCc1[nH]c(=O)c(-c2csc(-c3ccncc3)n2)cc1NC(=O)C(C)C. The van der Waals surface area contributed by atoms with E-state index in [-0.39, 0.29) is 17.4 Å². The fourth-order valence-electron chi connectivity index (χ4n) is 2.45. The van der Waals surface area contributed by atoms with Crippen molar-refractivity contribution in [3.05, 3.63) is 52.0 Å². The number of thiazole rings is 1. The summed E-state index contributed by atoms with van der Waals surface area (Å²) >= 11 is 1.46. The highest BCUT2D eigenvalue weighted by Crippen LogP contribution is 2.28. The molecule has 0 spiro atoms. The van der Waals surface area contributed by atoms with Gasteiger partial charge in [0.25, 0.3) is 5.56 Å². The molecule has 3 aromatic heterocycles. The van der Waals surface area contributed by atoms with E-state index in [1.807, 2.05) is 38.3 Å². The molecule has 0 saturated heterocycles. The molecule has 3 aromatic rings. The summed E-state index contributed by atoms with van der Waals surface area (Å²) in [5, 5.41) is 5.56. The number of H-pyrrole nitrogens is 1. The highest BCUT2D eigenvalue weighted by molar-refractivity contribution is 7.13. The molecule has 0 atom stereocenters. The third-order valence-electron chi connectivity index (χ3n) is 3.97. The van der Waals surface area contributed by atoms with E-state index >= 15 is 0 Å². The zero-order valence-electron chi connectivity index (χ0n) is 14.9. The Kier molecular flexibility index (Phi) is 5.27. The van der Waals surface area contributed by atoms with Crippen LogP contribution >= 0.6 is 11.3 Å². The number of aromatic nitrogens is 3. The smallest absolute Gasteiger partial charge is 0.257 e. The molecule has 0 bridgehead atoms. The zero-order valence-corrected chi connectivity index (χ0v) is 15.7. The fourth-order valence-corrected chi connectivity index (χ4v) is 3.28. The molecule has 0 aromatic carbocycles. The number of carbonyl (C=O) groups is 1. The second-order valence-corrected chi connectivity index (χ2v) is 7.03. The summed E-state index contributed by atoms with van der Waals surface area (Å²) in [6, 6.07) is 5.46. The van der Waals surface area contributed by atoms with E-state index in [2.05, 4.69) is 20.3 Å². The van der Waals surface area contributed by atoms with E-state index in [4.69, 9.17) is 0 Å². The normalized spacial score (nSPS) is 10.9. The van der Waals surface area contributed by atoms with Gasteiger partial charge in [-0.1, -0.05) is 20.8 Å². The maximum atomic E-state index is 12.5. The Morgan fingerprint density at radius 2 is 2.04 bits per heavy atom. The molecule has 3 rings (SSSR count). The van der Waals surface area contributed by atoms with Gasteiger partial charge in [-0.15, -0.1) is 11.3 Å². The Balaban J connectivity index is 2.01. The van der Waals surface area contributed by atoms with E-state index in [9.17, 15) is 9.59 Å². The summed E-state index contributed by atoms with van der Waals surface area (Å²) in [5.74, 6) is -0.235. The van der Waals surface area contributed by atoms with E-state index < -0.39 is 0 Å². The Hall–Kier alpha value is -2.80. The first-order valence-corrected chi connectivity index (χ1v) is 9.31. The number of hydrogen-bond acceptors (Lipinski definition) is 5. The first kappa shape index (κ1) is 18.0. The van der Waals surface area contributed by atoms with Crippen molar-refractivity contribution in [1.82, 2.24) is 15.0 Å². The number of aryl methyl sites for hydroxylation is 1. The summed E-state index contributed by atoms with van der Waals surface area (Å²) < 4.78 is 0. The molecule has 134 valence electrons. The average molecular weight is 368 g/mol. The van der Waals surface area contributed by atoms with Gasteiger partial charge in [0, 0.05) is 34.9 Å². The monoisotopic (exact) mass is 368 g/mol. The molecule has 26 heavy (non-hydrogen) atoms. The van der Waals surface area contributed by atoms with Crippen LogP contribution in [0.3, 0.4) is 0 Å². The highest BCUT2D eigenvalue weighted by atomic mass is 32.1. The van der Waals surface area contributed by atoms with Crippen molar-refractivity contribution in [2.24, 2.45) is 5.92 Å². The second kappa shape index (κ2) is 7.61. The van der Waals surface area contributed by atoms with Crippen molar-refractivity contribution in [1.29, 1.82) is 0 Å². The molecule has 0 fully saturated rings. The van der Waals surface area contributed by atoms with Gasteiger partial charge in [0.15, 0.2) is 0 Å². The number of hydrogen-bond donors (Lipinski definition) is 2. The van der Waals surface area contributed by atoms with Crippen LogP contribution in [0, 0.1) is 5.92 Å². The van der Waals surface area contributed by atoms with E-state index in [1.165, 1.54) is 11.3 Å². The first-order chi connectivity index (χ1) is 12.5. The fraction of sp³-hybridized carbons (Fsp3) is 0.263. The zero-order chi connectivity index (χ0) is 18.7. The van der Waals surface area contributed by atoms with Crippen LogP contribution in [0.5, 0.6) is 0 Å². The second-order valence-electron chi connectivity index (χ2n) is 6.18. The molecule has 7 heteroatoms. The minimum absolute atomic E-state index is 0.0894. The van der Waals surface area contributed by atoms with Crippen molar-refractivity contribution in [3.8, 4) is 21.8 Å². The number of carbonyl (C=O) groups excluding carboxylic acids is 1. The summed E-state index contributed by atoms with van der Waals surface area (Å²) in [5.41, 5.74) is 3.10. The number of amides is 1. The molecule has 1 amide bonds. The number of pyridine rings is 2. The number of rotatable bonds is 5. The molecule has 3 heterocycles. The lowest BCUT2D eigenvalue weighted by Crippen LogP contribution is -2.21. The Bertz CT molecular complexity index is 977. The summed E-state index contributed by atoms with van der Waals surface area (Å²) in [7, 11) is 0. The lowest BCUT2D eigenvalue weighted by molar-refractivity contribution is -0.118. The Morgan fingerprint density at radius 1 is 1.31 bits per heavy atom. The van der Waals surface area contributed by atoms with Crippen molar-refractivity contribution in [2.45, 2.75) is 27.2 Å². The summed E-state index contributed by atoms with van der Waals surface area (Å²) in [6.45, 7) is 5.59. The summed E-state index contributed by atoms with van der Waals surface area (Å²) in [6.07, 6.45) is 4.03. The van der Waals surface area contributed by atoms with Gasteiger partial charge in [0.2, 0.25) is 5.91 Å². The lowest BCUT2D eigenvalue weighted by Gasteiger charge is -2.12. The largest absolute Gasteiger partial charge is 0.324 e. The molecule has 0 aliphatic rings. The van der Waals surface area contributed by atoms with Crippen LogP contribution in [0.4, 0.5) is 5.69 Å². The van der Waals surface area contributed by atoms with Gasteiger partial charge in [-0.2, -0.15) is 0 Å². The molecule has 0 saturated carbocycles. The number of aromatic amines is 1. The maximum absolute atomic E-state index is 12.5. The van der Waals surface area contributed by atoms with Crippen LogP contribution in [0.25, 0.3) is 21.8 Å². The van der Waals surface area contributed by atoms with Gasteiger partial charge in [-0.25, -0.2) is 4.98 Å². The van der Waals surface area contributed by atoms with Crippen molar-refractivity contribution in [3.63, 3.8) is 0 Å². The molecule has 0 radical (unpaired) electrons. The van der Waals surface area contributed by atoms with Gasteiger partial charge in [0.05, 0.1) is 16.9 Å². The Morgan fingerprint density at radius 3 is 2.69 bits per heavy atom. The predicted molar refractivity (Wildman–Crippen MR) is 104 cm³/mol. The van der Waals surface area contributed by atoms with Gasteiger partial charge < -0.3 is 10.3 Å². The third-order valence-corrected chi connectivity index (χ3v) is 4.86. The molecule has 6 nitrogen and oxygen atoms in total. The van der Waals surface area contributed by atoms with E-state index in [0.29, 0.717) is 29.1 Å². The van der Waals surface area contributed by atoms with Crippen LogP contribution in [-0.2, 0) is 11.2 Å². The average Bonchev–Trinajstić information content (AvgIpc) is 3.13. The van der Waals surface area contributed by atoms with Crippen LogP contribution in [-0.4, -0.2) is 20.9 Å². The highest BCUT2D eigenvalue weighted by Gasteiger charge is 2.16. The quantitative estimate of drug-likeness (QED) is 0.718. The van der Waals surface area contributed by atoms with Crippen molar-refractivity contribution < 1.29 is 4.79 Å². The minimum atomic E-state index is -0.212. The summed E-state index contributed by atoms with van der Waals surface area (Å²) in [4.78, 5) is 36.0. The van der Waals surface area contributed by atoms with Gasteiger partial charge in [-0.05, 0) is 24.6 Å². The van der Waals surface area contributed by atoms with Gasteiger partial charge in [-0.3, -0.25) is 14.6 Å². The first-order valence-electron chi connectivity index (χ1n) is 8.43.